The fraction of sp³-hybridized carbons (Fsp3) is 0.222. The number of ether oxygens (including phenoxy) is 1. The highest BCUT2D eigenvalue weighted by Gasteiger charge is 2.09. The number of hydrogen-bond donors (Lipinski definition) is 1. The molecule has 0 bridgehead atoms. The van der Waals surface area contributed by atoms with Gasteiger partial charge in [-0.05, 0) is 56.2 Å². The Morgan fingerprint density at radius 2 is 1.73 bits per heavy atom. The zero-order chi connectivity index (χ0) is 16.1. The second kappa shape index (κ2) is 6.77. The molecule has 2 aromatic carbocycles. The van der Waals surface area contributed by atoms with Gasteiger partial charge in [-0.1, -0.05) is 17.7 Å². The van der Waals surface area contributed by atoms with Crippen LogP contribution in [0, 0.1) is 32.1 Å². The van der Waals surface area contributed by atoms with Crippen LogP contribution in [0.25, 0.3) is 0 Å². The van der Waals surface area contributed by atoms with E-state index in [-0.39, 0.29) is 12.5 Å². The summed E-state index contributed by atoms with van der Waals surface area (Å²) in [6.07, 6.45) is 0. The molecule has 0 radical (unpaired) electrons. The summed E-state index contributed by atoms with van der Waals surface area (Å²) in [5, 5.41) is 11.6. The summed E-state index contributed by atoms with van der Waals surface area (Å²) in [6, 6.07) is 12.8. The number of anilines is 1. The molecule has 0 aliphatic carbocycles. The molecule has 0 heterocycles. The van der Waals surface area contributed by atoms with E-state index in [0.717, 1.165) is 16.8 Å². The third kappa shape index (κ3) is 3.86. The van der Waals surface area contributed by atoms with Crippen LogP contribution in [-0.2, 0) is 4.79 Å². The molecule has 0 aliphatic rings. The van der Waals surface area contributed by atoms with E-state index in [4.69, 9.17) is 10.00 Å². The average molecular weight is 294 g/mol. The third-order valence-electron chi connectivity index (χ3n) is 3.29. The molecule has 0 spiro atoms. The normalized spacial score (nSPS) is 9.91. The van der Waals surface area contributed by atoms with Gasteiger partial charge in [0.2, 0.25) is 0 Å². The molecule has 0 unspecified atom stereocenters. The van der Waals surface area contributed by atoms with E-state index in [1.54, 1.807) is 24.3 Å². The summed E-state index contributed by atoms with van der Waals surface area (Å²) >= 11 is 0. The van der Waals surface area contributed by atoms with Gasteiger partial charge in [-0.3, -0.25) is 4.79 Å². The third-order valence-corrected chi connectivity index (χ3v) is 3.29. The van der Waals surface area contributed by atoms with Crippen LogP contribution in [0.4, 0.5) is 5.69 Å². The summed E-state index contributed by atoms with van der Waals surface area (Å²) in [7, 11) is 0. The van der Waals surface area contributed by atoms with Gasteiger partial charge >= 0.3 is 0 Å². The van der Waals surface area contributed by atoms with Gasteiger partial charge in [0.15, 0.2) is 6.61 Å². The number of nitriles is 1. The van der Waals surface area contributed by atoms with Crippen molar-refractivity contribution in [1.82, 2.24) is 0 Å². The summed E-state index contributed by atoms with van der Waals surface area (Å²) in [5.41, 5.74) is 4.62. The SMILES string of the molecule is Cc1cc(C)c(NC(=O)COc2ccc(C#N)cc2)c(C)c1. The maximum absolute atomic E-state index is 12.0. The highest BCUT2D eigenvalue weighted by molar-refractivity contribution is 5.93. The minimum absolute atomic E-state index is 0.0708. The Labute approximate surface area is 130 Å². The number of hydrogen-bond acceptors (Lipinski definition) is 3. The summed E-state index contributed by atoms with van der Waals surface area (Å²) in [6.45, 7) is 5.90. The molecule has 0 saturated heterocycles. The van der Waals surface area contributed by atoms with Gasteiger partial charge in [-0.2, -0.15) is 5.26 Å². The lowest BCUT2D eigenvalue weighted by Gasteiger charge is -2.13. The molecule has 2 aromatic rings. The number of benzene rings is 2. The standard InChI is InChI=1S/C18H18N2O2/c1-12-8-13(2)18(14(3)9-12)20-17(21)11-22-16-6-4-15(10-19)5-7-16/h4-9H,11H2,1-3H3,(H,20,21). The van der Waals surface area contributed by atoms with Crippen molar-refractivity contribution < 1.29 is 9.53 Å². The Hall–Kier alpha value is -2.80. The number of amides is 1. The molecule has 22 heavy (non-hydrogen) atoms. The fourth-order valence-corrected chi connectivity index (χ4v) is 2.33. The Kier molecular flexibility index (Phi) is 4.80. The van der Waals surface area contributed by atoms with Gasteiger partial charge in [-0.25, -0.2) is 0 Å². The monoisotopic (exact) mass is 294 g/mol. The second-order valence-corrected chi connectivity index (χ2v) is 5.25. The van der Waals surface area contributed by atoms with Crippen molar-refractivity contribution in [2.24, 2.45) is 0 Å². The molecule has 1 N–H and O–H groups in total. The van der Waals surface area contributed by atoms with Crippen LogP contribution in [0.15, 0.2) is 36.4 Å². The van der Waals surface area contributed by atoms with Crippen LogP contribution in [0.5, 0.6) is 5.75 Å². The number of aryl methyl sites for hydroxylation is 3. The minimum Gasteiger partial charge on any atom is -0.484 e. The van der Waals surface area contributed by atoms with E-state index in [1.807, 2.05) is 39.0 Å². The van der Waals surface area contributed by atoms with Crippen molar-refractivity contribution in [2.45, 2.75) is 20.8 Å². The van der Waals surface area contributed by atoms with Crippen molar-refractivity contribution in [3.05, 3.63) is 58.7 Å². The molecule has 4 heteroatoms. The first-order chi connectivity index (χ1) is 10.5. The van der Waals surface area contributed by atoms with Crippen LogP contribution in [0.1, 0.15) is 22.3 Å². The van der Waals surface area contributed by atoms with Crippen molar-refractivity contribution >= 4 is 11.6 Å². The fourth-order valence-electron chi connectivity index (χ4n) is 2.33. The zero-order valence-electron chi connectivity index (χ0n) is 12.9. The molecule has 2 rings (SSSR count). The molecule has 1 amide bonds. The lowest BCUT2D eigenvalue weighted by atomic mass is 10.1. The first-order valence-corrected chi connectivity index (χ1v) is 7.00. The van der Waals surface area contributed by atoms with Gasteiger partial charge in [0.1, 0.15) is 5.75 Å². The molecule has 0 atom stereocenters. The molecule has 0 aliphatic heterocycles. The summed E-state index contributed by atoms with van der Waals surface area (Å²) < 4.78 is 5.42. The smallest absolute Gasteiger partial charge is 0.262 e. The first kappa shape index (κ1) is 15.6. The minimum atomic E-state index is -0.209. The predicted molar refractivity (Wildman–Crippen MR) is 85.9 cm³/mol. The Balaban J connectivity index is 1.97. The molecule has 4 nitrogen and oxygen atoms in total. The maximum atomic E-state index is 12.0. The number of carbonyl (C=O) groups excluding carboxylic acids is 1. The topological polar surface area (TPSA) is 62.1 Å². The van der Waals surface area contributed by atoms with Crippen molar-refractivity contribution in [2.75, 3.05) is 11.9 Å². The average Bonchev–Trinajstić information content (AvgIpc) is 2.49. The number of carbonyl (C=O) groups is 1. The van der Waals surface area contributed by atoms with Gasteiger partial charge in [0, 0.05) is 5.69 Å². The number of nitrogens with one attached hydrogen (secondary N) is 1. The molecule has 0 fully saturated rings. The van der Waals surface area contributed by atoms with Crippen LogP contribution < -0.4 is 10.1 Å². The molecule has 112 valence electrons. The predicted octanol–water partition coefficient (Wildman–Crippen LogP) is 3.50. The molecule has 0 aromatic heterocycles. The van der Waals surface area contributed by atoms with Crippen molar-refractivity contribution in [3.8, 4) is 11.8 Å². The molecule has 0 saturated carbocycles. The van der Waals surface area contributed by atoms with Gasteiger partial charge in [0.25, 0.3) is 5.91 Å². The highest BCUT2D eigenvalue weighted by atomic mass is 16.5. The summed E-state index contributed by atoms with van der Waals surface area (Å²) in [4.78, 5) is 12.0. The lowest BCUT2D eigenvalue weighted by Crippen LogP contribution is -2.21. The first-order valence-electron chi connectivity index (χ1n) is 7.00. The largest absolute Gasteiger partial charge is 0.484 e. The molecular formula is C18H18N2O2. The Morgan fingerprint density at radius 1 is 1.14 bits per heavy atom. The van der Waals surface area contributed by atoms with Crippen molar-refractivity contribution in [1.29, 1.82) is 5.26 Å². The Morgan fingerprint density at radius 3 is 2.27 bits per heavy atom. The van der Waals surface area contributed by atoms with Gasteiger partial charge in [0.05, 0.1) is 11.6 Å². The van der Waals surface area contributed by atoms with Crippen LogP contribution in [-0.4, -0.2) is 12.5 Å². The molecular weight excluding hydrogens is 276 g/mol. The van der Waals surface area contributed by atoms with E-state index in [1.165, 1.54) is 5.56 Å². The van der Waals surface area contributed by atoms with E-state index in [0.29, 0.717) is 11.3 Å². The van der Waals surface area contributed by atoms with E-state index < -0.39 is 0 Å². The number of rotatable bonds is 4. The van der Waals surface area contributed by atoms with Crippen molar-refractivity contribution in [3.63, 3.8) is 0 Å². The maximum Gasteiger partial charge on any atom is 0.262 e. The quantitative estimate of drug-likeness (QED) is 0.938. The Bertz CT molecular complexity index is 705. The van der Waals surface area contributed by atoms with E-state index >= 15 is 0 Å². The van der Waals surface area contributed by atoms with E-state index in [2.05, 4.69) is 5.32 Å². The van der Waals surface area contributed by atoms with Crippen LogP contribution >= 0.6 is 0 Å². The van der Waals surface area contributed by atoms with Gasteiger partial charge < -0.3 is 10.1 Å². The zero-order valence-corrected chi connectivity index (χ0v) is 12.9. The second-order valence-electron chi connectivity index (χ2n) is 5.25. The highest BCUT2D eigenvalue weighted by Crippen LogP contribution is 2.21. The number of nitrogens with zero attached hydrogens (tertiary/aromatic N) is 1. The summed E-state index contributed by atoms with van der Waals surface area (Å²) in [5.74, 6) is 0.353. The van der Waals surface area contributed by atoms with Crippen LogP contribution in [0.2, 0.25) is 0 Å². The van der Waals surface area contributed by atoms with Crippen LogP contribution in [0.3, 0.4) is 0 Å². The van der Waals surface area contributed by atoms with Gasteiger partial charge in [-0.15, -0.1) is 0 Å². The van der Waals surface area contributed by atoms with E-state index in [9.17, 15) is 4.79 Å². The lowest BCUT2D eigenvalue weighted by molar-refractivity contribution is -0.118.